The van der Waals surface area contributed by atoms with E-state index in [1.54, 1.807) is 6.92 Å². The first-order chi connectivity index (χ1) is 4.50. The number of hydrogen-bond acceptors (Lipinski definition) is 2. The number of rotatable bonds is 4. The van der Waals surface area contributed by atoms with Crippen molar-refractivity contribution in [2.45, 2.75) is 12.8 Å². The highest BCUT2D eigenvalue weighted by Gasteiger charge is 2.35. The molecule has 0 saturated heterocycles. The Morgan fingerprint density at radius 3 is 2.50 bits per heavy atom. The van der Waals surface area contributed by atoms with Gasteiger partial charge >= 0.3 is 5.92 Å². The van der Waals surface area contributed by atoms with Gasteiger partial charge in [-0.05, 0) is 6.54 Å². The summed E-state index contributed by atoms with van der Waals surface area (Å²) in [6, 6.07) is 0. The van der Waals surface area contributed by atoms with Crippen LogP contribution in [0.25, 0.3) is 0 Å². The number of primary amides is 1. The van der Waals surface area contributed by atoms with Crippen LogP contribution in [0.4, 0.5) is 8.78 Å². The van der Waals surface area contributed by atoms with Crippen molar-refractivity contribution in [1.82, 2.24) is 5.32 Å². The van der Waals surface area contributed by atoms with Crippen molar-refractivity contribution < 1.29 is 13.6 Å². The lowest BCUT2D eigenvalue weighted by molar-refractivity contribution is -0.141. The summed E-state index contributed by atoms with van der Waals surface area (Å²) in [6.45, 7) is 1.37. The van der Waals surface area contributed by atoms with Gasteiger partial charge in [-0.3, -0.25) is 4.79 Å². The van der Waals surface area contributed by atoms with Crippen LogP contribution >= 0.6 is 0 Å². The first-order valence-corrected chi connectivity index (χ1v) is 2.89. The standard InChI is InChI=1S/C5H10F2N2O/c1-2-9-3-5(6,7)4(8)10/h9H,2-3H2,1H3,(H2,8,10). The van der Waals surface area contributed by atoms with Gasteiger partial charge in [0.25, 0.3) is 5.91 Å². The topological polar surface area (TPSA) is 55.1 Å². The zero-order valence-corrected chi connectivity index (χ0v) is 5.66. The van der Waals surface area contributed by atoms with E-state index in [0.29, 0.717) is 6.54 Å². The Bertz CT molecular complexity index is 127. The van der Waals surface area contributed by atoms with Gasteiger partial charge in [0.1, 0.15) is 0 Å². The molecule has 5 heteroatoms. The van der Waals surface area contributed by atoms with Crippen LogP contribution in [0.2, 0.25) is 0 Å². The number of alkyl halides is 2. The summed E-state index contributed by atoms with van der Waals surface area (Å²) < 4.78 is 24.4. The Kier molecular flexibility index (Phi) is 3.21. The van der Waals surface area contributed by atoms with E-state index in [4.69, 9.17) is 0 Å². The summed E-state index contributed by atoms with van der Waals surface area (Å²) in [6.07, 6.45) is 0. The van der Waals surface area contributed by atoms with E-state index >= 15 is 0 Å². The van der Waals surface area contributed by atoms with Crippen molar-refractivity contribution in [2.75, 3.05) is 13.1 Å². The van der Waals surface area contributed by atoms with Gasteiger partial charge in [0.15, 0.2) is 0 Å². The summed E-state index contributed by atoms with van der Waals surface area (Å²) in [5, 5.41) is 2.32. The molecule has 0 bridgehead atoms. The quantitative estimate of drug-likeness (QED) is 0.582. The molecule has 0 aliphatic heterocycles. The fourth-order valence-electron chi connectivity index (χ4n) is 0.369. The number of carbonyl (C=O) groups is 1. The van der Waals surface area contributed by atoms with E-state index in [1.165, 1.54) is 0 Å². The monoisotopic (exact) mass is 152 g/mol. The van der Waals surface area contributed by atoms with Gasteiger partial charge in [0, 0.05) is 0 Å². The molecule has 3 nitrogen and oxygen atoms in total. The van der Waals surface area contributed by atoms with Gasteiger partial charge in [-0.1, -0.05) is 6.92 Å². The Morgan fingerprint density at radius 2 is 2.20 bits per heavy atom. The molecular weight excluding hydrogens is 142 g/mol. The molecule has 0 aromatic carbocycles. The van der Waals surface area contributed by atoms with Crippen LogP contribution in [-0.4, -0.2) is 24.9 Å². The van der Waals surface area contributed by atoms with E-state index in [0.717, 1.165) is 0 Å². The predicted octanol–water partition coefficient (Wildman–Crippen LogP) is -0.283. The summed E-state index contributed by atoms with van der Waals surface area (Å²) in [5.41, 5.74) is 4.38. The van der Waals surface area contributed by atoms with Crippen molar-refractivity contribution in [3.63, 3.8) is 0 Å². The largest absolute Gasteiger partial charge is 0.364 e. The molecule has 0 radical (unpaired) electrons. The van der Waals surface area contributed by atoms with Crippen LogP contribution in [0.1, 0.15) is 6.92 Å². The van der Waals surface area contributed by atoms with Crippen molar-refractivity contribution in [1.29, 1.82) is 0 Å². The van der Waals surface area contributed by atoms with Crippen LogP contribution in [-0.2, 0) is 4.79 Å². The molecule has 0 fully saturated rings. The fourth-order valence-corrected chi connectivity index (χ4v) is 0.369. The van der Waals surface area contributed by atoms with Gasteiger partial charge in [-0.2, -0.15) is 8.78 Å². The summed E-state index contributed by atoms with van der Waals surface area (Å²) >= 11 is 0. The van der Waals surface area contributed by atoms with Crippen LogP contribution in [0.3, 0.4) is 0 Å². The molecule has 0 aromatic heterocycles. The molecule has 0 aromatic rings. The maximum atomic E-state index is 12.2. The minimum Gasteiger partial charge on any atom is -0.364 e. The van der Waals surface area contributed by atoms with Crippen LogP contribution in [0.5, 0.6) is 0 Å². The van der Waals surface area contributed by atoms with Crippen molar-refractivity contribution >= 4 is 5.91 Å². The molecule has 0 aliphatic rings. The first kappa shape index (κ1) is 9.29. The Morgan fingerprint density at radius 1 is 1.70 bits per heavy atom. The Labute approximate surface area is 57.6 Å². The number of carbonyl (C=O) groups excluding carboxylic acids is 1. The van der Waals surface area contributed by atoms with E-state index in [1.807, 2.05) is 0 Å². The summed E-state index contributed by atoms with van der Waals surface area (Å²) in [5.74, 6) is -5.01. The second-order valence-electron chi connectivity index (χ2n) is 1.85. The summed E-state index contributed by atoms with van der Waals surface area (Å²) in [7, 11) is 0. The van der Waals surface area contributed by atoms with Gasteiger partial charge in [0.2, 0.25) is 0 Å². The molecule has 60 valence electrons. The third-order valence-electron chi connectivity index (χ3n) is 0.958. The molecule has 0 atom stereocenters. The normalized spacial score (nSPS) is 11.5. The molecule has 3 N–H and O–H groups in total. The molecule has 0 spiro atoms. The molecule has 0 saturated carbocycles. The van der Waals surface area contributed by atoms with E-state index < -0.39 is 18.4 Å². The lowest BCUT2D eigenvalue weighted by Crippen LogP contribution is -2.44. The maximum Gasteiger partial charge on any atom is 0.336 e. The average Bonchev–Trinajstić information content (AvgIpc) is 1.84. The summed E-state index contributed by atoms with van der Waals surface area (Å²) in [4.78, 5) is 9.96. The molecule has 10 heavy (non-hydrogen) atoms. The minimum atomic E-state index is -3.42. The highest BCUT2D eigenvalue weighted by Crippen LogP contribution is 2.09. The van der Waals surface area contributed by atoms with Crippen molar-refractivity contribution in [3.8, 4) is 0 Å². The number of nitrogens with one attached hydrogen (secondary N) is 1. The smallest absolute Gasteiger partial charge is 0.336 e. The van der Waals surface area contributed by atoms with E-state index in [-0.39, 0.29) is 0 Å². The average molecular weight is 152 g/mol. The van der Waals surface area contributed by atoms with Gasteiger partial charge in [-0.15, -0.1) is 0 Å². The molecule has 0 aliphatic carbocycles. The number of halogens is 2. The number of hydrogen-bond donors (Lipinski definition) is 2. The van der Waals surface area contributed by atoms with E-state index in [2.05, 4.69) is 11.1 Å². The molecule has 0 rings (SSSR count). The maximum absolute atomic E-state index is 12.2. The minimum absolute atomic E-state index is 0.392. The molecular formula is C5H10F2N2O. The Balaban J connectivity index is 3.75. The number of amides is 1. The second kappa shape index (κ2) is 3.46. The van der Waals surface area contributed by atoms with E-state index in [9.17, 15) is 13.6 Å². The van der Waals surface area contributed by atoms with Crippen LogP contribution in [0.15, 0.2) is 0 Å². The lowest BCUT2D eigenvalue weighted by atomic mass is 10.3. The fraction of sp³-hybridized carbons (Fsp3) is 0.800. The van der Waals surface area contributed by atoms with Gasteiger partial charge in [-0.25, -0.2) is 0 Å². The molecule has 0 unspecified atom stereocenters. The van der Waals surface area contributed by atoms with Crippen LogP contribution < -0.4 is 11.1 Å². The third-order valence-corrected chi connectivity index (χ3v) is 0.958. The second-order valence-corrected chi connectivity index (χ2v) is 1.85. The number of nitrogens with two attached hydrogens (primary N) is 1. The van der Waals surface area contributed by atoms with Crippen LogP contribution in [0, 0.1) is 0 Å². The highest BCUT2D eigenvalue weighted by molar-refractivity contribution is 5.81. The first-order valence-electron chi connectivity index (χ1n) is 2.89. The Hall–Kier alpha value is -0.710. The van der Waals surface area contributed by atoms with Crippen molar-refractivity contribution in [3.05, 3.63) is 0 Å². The third kappa shape index (κ3) is 2.72. The predicted molar refractivity (Wildman–Crippen MR) is 32.7 cm³/mol. The van der Waals surface area contributed by atoms with Gasteiger partial charge < -0.3 is 11.1 Å². The molecule has 0 heterocycles. The lowest BCUT2D eigenvalue weighted by Gasteiger charge is -2.11. The van der Waals surface area contributed by atoms with Gasteiger partial charge in [0.05, 0.1) is 6.54 Å². The SMILES string of the molecule is CCNCC(F)(F)C(N)=O. The zero-order chi connectivity index (χ0) is 8.20. The van der Waals surface area contributed by atoms with Crippen molar-refractivity contribution in [2.24, 2.45) is 5.73 Å². The molecule has 1 amide bonds. The highest BCUT2D eigenvalue weighted by atomic mass is 19.3. The zero-order valence-electron chi connectivity index (χ0n) is 5.66.